The molecule has 1 aromatic rings. The molecular formula is C12H19NO2. The number of nitrogens with two attached hydrogens (primary N) is 1. The molecule has 3 heteroatoms. The van der Waals surface area contributed by atoms with Gasteiger partial charge in [0.25, 0.3) is 0 Å². The Kier molecular flexibility index (Phi) is 5.81. The maximum Gasteiger partial charge on any atom is 0.0700 e. The van der Waals surface area contributed by atoms with Crippen LogP contribution < -0.4 is 5.73 Å². The van der Waals surface area contributed by atoms with Crippen molar-refractivity contribution in [3.8, 4) is 0 Å². The lowest BCUT2D eigenvalue weighted by Crippen LogP contribution is -2.06. The first-order chi connectivity index (χ1) is 7.33. The molecule has 0 aliphatic heterocycles. The van der Waals surface area contributed by atoms with Crippen molar-refractivity contribution in [1.29, 1.82) is 0 Å². The molecule has 3 nitrogen and oxygen atoms in total. The lowest BCUT2D eigenvalue weighted by molar-refractivity contribution is 0.0541. The first-order valence-corrected chi connectivity index (χ1v) is 5.33. The van der Waals surface area contributed by atoms with Crippen molar-refractivity contribution in [2.45, 2.75) is 13.3 Å². The zero-order valence-electron chi connectivity index (χ0n) is 9.24. The van der Waals surface area contributed by atoms with Gasteiger partial charge in [0.05, 0.1) is 19.8 Å². The minimum Gasteiger partial charge on any atom is -0.399 e. The van der Waals surface area contributed by atoms with E-state index < -0.39 is 0 Å². The molecule has 0 atom stereocenters. The van der Waals surface area contributed by atoms with Gasteiger partial charge >= 0.3 is 0 Å². The first kappa shape index (κ1) is 12.0. The van der Waals surface area contributed by atoms with Crippen molar-refractivity contribution in [2.75, 3.05) is 32.2 Å². The average Bonchev–Trinajstić information content (AvgIpc) is 2.26. The van der Waals surface area contributed by atoms with Crippen LogP contribution in [0, 0.1) is 0 Å². The van der Waals surface area contributed by atoms with Gasteiger partial charge in [0, 0.05) is 12.3 Å². The van der Waals surface area contributed by atoms with Crippen LogP contribution in [0.4, 0.5) is 5.69 Å². The van der Waals surface area contributed by atoms with Crippen molar-refractivity contribution in [1.82, 2.24) is 0 Å². The largest absolute Gasteiger partial charge is 0.399 e. The third-order valence-electron chi connectivity index (χ3n) is 2.09. The van der Waals surface area contributed by atoms with E-state index in [1.165, 1.54) is 5.56 Å². The number of ether oxygens (including phenoxy) is 2. The van der Waals surface area contributed by atoms with Gasteiger partial charge in [0.1, 0.15) is 0 Å². The van der Waals surface area contributed by atoms with E-state index >= 15 is 0 Å². The summed E-state index contributed by atoms with van der Waals surface area (Å²) >= 11 is 0. The average molecular weight is 209 g/mol. The van der Waals surface area contributed by atoms with E-state index in [2.05, 4.69) is 0 Å². The Bertz CT molecular complexity index is 259. The summed E-state index contributed by atoms with van der Waals surface area (Å²) in [6.45, 7) is 4.81. The minimum atomic E-state index is 0.669. The van der Waals surface area contributed by atoms with Crippen molar-refractivity contribution in [3.63, 3.8) is 0 Å². The number of rotatable bonds is 7. The van der Waals surface area contributed by atoms with Crippen molar-refractivity contribution >= 4 is 5.69 Å². The molecule has 0 aliphatic rings. The van der Waals surface area contributed by atoms with E-state index in [0.29, 0.717) is 13.2 Å². The molecule has 0 unspecified atom stereocenters. The number of anilines is 1. The fourth-order valence-corrected chi connectivity index (χ4v) is 1.24. The van der Waals surface area contributed by atoms with E-state index in [0.717, 1.165) is 25.3 Å². The Morgan fingerprint density at radius 3 is 2.33 bits per heavy atom. The van der Waals surface area contributed by atoms with Crippen LogP contribution in [-0.4, -0.2) is 26.4 Å². The van der Waals surface area contributed by atoms with Crippen LogP contribution in [-0.2, 0) is 15.9 Å². The minimum absolute atomic E-state index is 0.669. The summed E-state index contributed by atoms with van der Waals surface area (Å²) in [7, 11) is 0. The molecule has 0 spiro atoms. The Morgan fingerprint density at radius 1 is 1.00 bits per heavy atom. The highest BCUT2D eigenvalue weighted by Crippen LogP contribution is 2.05. The lowest BCUT2D eigenvalue weighted by Gasteiger charge is -2.04. The summed E-state index contributed by atoms with van der Waals surface area (Å²) in [6.07, 6.45) is 0.923. The van der Waals surface area contributed by atoms with E-state index in [9.17, 15) is 0 Å². The van der Waals surface area contributed by atoms with Crippen LogP contribution in [0.25, 0.3) is 0 Å². The van der Waals surface area contributed by atoms with Gasteiger partial charge in [-0.1, -0.05) is 12.1 Å². The first-order valence-electron chi connectivity index (χ1n) is 5.33. The summed E-state index contributed by atoms with van der Waals surface area (Å²) in [6, 6.07) is 7.88. The van der Waals surface area contributed by atoms with Crippen molar-refractivity contribution in [2.24, 2.45) is 0 Å². The maximum absolute atomic E-state index is 5.59. The van der Waals surface area contributed by atoms with Gasteiger partial charge in [-0.05, 0) is 31.0 Å². The standard InChI is InChI=1S/C12H19NO2/c1-2-14-9-10-15-8-7-11-3-5-12(13)6-4-11/h3-6H,2,7-10,13H2,1H3. The molecule has 15 heavy (non-hydrogen) atoms. The number of hydrogen-bond acceptors (Lipinski definition) is 3. The molecule has 0 bridgehead atoms. The van der Waals surface area contributed by atoms with Crippen LogP contribution >= 0.6 is 0 Å². The Labute approximate surface area is 91.2 Å². The zero-order valence-corrected chi connectivity index (χ0v) is 9.24. The molecule has 0 heterocycles. The predicted molar refractivity (Wildman–Crippen MR) is 61.9 cm³/mol. The quantitative estimate of drug-likeness (QED) is 0.550. The highest BCUT2D eigenvalue weighted by atomic mass is 16.5. The fraction of sp³-hybridized carbons (Fsp3) is 0.500. The van der Waals surface area contributed by atoms with Crippen LogP contribution in [0.3, 0.4) is 0 Å². The predicted octanol–water partition coefficient (Wildman–Crippen LogP) is 1.86. The maximum atomic E-state index is 5.59. The van der Waals surface area contributed by atoms with Gasteiger partial charge in [-0.3, -0.25) is 0 Å². The van der Waals surface area contributed by atoms with E-state index in [1.54, 1.807) is 0 Å². The van der Waals surface area contributed by atoms with Gasteiger partial charge in [0.2, 0.25) is 0 Å². The molecule has 0 aromatic heterocycles. The van der Waals surface area contributed by atoms with Crippen molar-refractivity contribution < 1.29 is 9.47 Å². The molecule has 1 aromatic carbocycles. The normalized spacial score (nSPS) is 10.5. The summed E-state index contributed by atoms with van der Waals surface area (Å²) in [4.78, 5) is 0. The van der Waals surface area contributed by atoms with Crippen LogP contribution in [0.5, 0.6) is 0 Å². The van der Waals surface area contributed by atoms with Crippen LogP contribution in [0.2, 0.25) is 0 Å². The van der Waals surface area contributed by atoms with Gasteiger partial charge in [-0.2, -0.15) is 0 Å². The molecule has 84 valence electrons. The Morgan fingerprint density at radius 2 is 1.67 bits per heavy atom. The topological polar surface area (TPSA) is 44.5 Å². The fourth-order valence-electron chi connectivity index (χ4n) is 1.24. The number of nitrogen functional groups attached to an aromatic ring is 1. The van der Waals surface area contributed by atoms with Gasteiger partial charge in [-0.15, -0.1) is 0 Å². The monoisotopic (exact) mass is 209 g/mol. The second-order valence-corrected chi connectivity index (χ2v) is 3.30. The summed E-state index contributed by atoms with van der Waals surface area (Å²) in [5, 5.41) is 0. The number of hydrogen-bond donors (Lipinski definition) is 1. The lowest BCUT2D eigenvalue weighted by atomic mass is 10.1. The van der Waals surface area contributed by atoms with E-state index in [-0.39, 0.29) is 0 Å². The van der Waals surface area contributed by atoms with Crippen molar-refractivity contribution in [3.05, 3.63) is 29.8 Å². The molecule has 0 aliphatic carbocycles. The summed E-state index contributed by atoms with van der Waals surface area (Å²) in [5.74, 6) is 0. The third-order valence-corrected chi connectivity index (χ3v) is 2.09. The summed E-state index contributed by atoms with van der Waals surface area (Å²) in [5.41, 5.74) is 7.64. The SMILES string of the molecule is CCOCCOCCc1ccc(N)cc1. The molecule has 0 saturated carbocycles. The van der Waals surface area contributed by atoms with Gasteiger partial charge < -0.3 is 15.2 Å². The molecule has 1 rings (SSSR count). The molecule has 0 saturated heterocycles. The molecular weight excluding hydrogens is 190 g/mol. The third kappa shape index (κ3) is 5.40. The highest BCUT2D eigenvalue weighted by molar-refractivity contribution is 5.39. The number of benzene rings is 1. The second kappa shape index (κ2) is 7.26. The highest BCUT2D eigenvalue weighted by Gasteiger charge is 1.93. The Hall–Kier alpha value is -1.06. The van der Waals surface area contributed by atoms with Gasteiger partial charge in [0.15, 0.2) is 0 Å². The zero-order chi connectivity index (χ0) is 10.9. The van der Waals surface area contributed by atoms with Crippen LogP contribution in [0.15, 0.2) is 24.3 Å². The van der Waals surface area contributed by atoms with E-state index in [4.69, 9.17) is 15.2 Å². The second-order valence-electron chi connectivity index (χ2n) is 3.30. The van der Waals surface area contributed by atoms with Gasteiger partial charge in [-0.25, -0.2) is 0 Å². The molecule has 0 radical (unpaired) electrons. The molecule has 2 N–H and O–H groups in total. The summed E-state index contributed by atoms with van der Waals surface area (Å²) < 4.78 is 10.6. The smallest absolute Gasteiger partial charge is 0.0700 e. The molecule has 0 amide bonds. The van der Waals surface area contributed by atoms with E-state index in [1.807, 2.05) is 31.2 Å². The Balaban J connectivity index is 2.07. The van der Waals surface area contributed by atoms with Crippen LogP contribution in [0.1, 0.15) is 12.5 Å². The molecule has 0 fully saturated rings.